The van der Waals surface area contributed by atoms with Crippen LogP contribution in [-0.4, -0.2) is 67.5 Å². The summed E-state index contributed by atoms with van der Waals surface area (Å²) in [5.74, 6) is 0.420. The third kappa shape index (κ3) is 8.13. The molecule has 1 saturated carbocycles. The first-order valence-electron chi connectivity index (χ1n) is 15.5. The van der Waals surface area contributed by atoms with Gasteiger partial charge in [-0.3, -0.25) is 14.5 Å². The molecule has 1 aromatic heterocycles. The molecule has 1 aliphatic carbocycles. The first-order valence-corrected chi connectivity index (χ1v) is 15.5. The Bertz CT molecular complexity index is 1200. The standard InChI is InChI=1S/C33H49N5O4/c1-32(2,3)38(31(41)42-33(4,5)6)26(21-24-15-9-7-10-16-24)29(39)35-27-22-37(23-34-27)28(25-17-11-8-12-18-25)30(40)36-19-13-14-20-36/h8,11-12,17-18,22-24,26,28H,7,9-10,13-16,19-21H2,1-6H3,(H,35,39)/t26-,28?/m1/s1. The van der Waals surface area contributed by atoms with Gasteiger partial charge in [-0.15, -0.1) is 0 Å². The SMILES string of the molecule is CC(C)(C)OC(=O)N([C@H](CC1CCCCC1)C(=O)Nc1cn(C(C(=O)N2CCCC2)c2ccccc2)cn1)C(C)(C)C. The van der Waals surface area contributed by atoms with Crippen molar-refractivity contribution in [1.82, 2.24) is 19.4 Å². The molecule has 1 saturated heterocycles. The average molecular weight is 580 g/mol. The van der Waals surface area contributed by atoms with Gasteiger partial charge < -0.3 is 19.5 Å². The van der Waals surface area contributed by atoms with Gasteiger partial charge >= 0.3 is 6.09 Å². The largest absolute Gasteiger partial charge is 0.444 e. The van der Waals surface area contributed by atoms with E-state index in [9.17, 15) is 14.4 Å². The van der Waals surface area contributed by atoms with E-state index in [4.69, 9.17) is 4.74 Å². The van der Waals surface area contributed by atoms with E-state index in [0.717, 1.165) is 57.2 Å². The molecule has 0 spiro atoms. The Balaban J connectivity index is 1.61. The van der Waals surface area contributed by atoms with Gasteiger partial charge in [-0.05, 0) is 72.3 Å². The second-order valence-corrected chi connectivity index (χ2v) is 13.8. The molecule has 230 valence electrons. The van der Waals surface area contributed by atoms with Gasteiger partial charge in [-0.1, -0.05) is 62.4 Å². The van der Waals surface area contributed by atoms with Crippen molar-refractivity contribution < 1.29 is 19.1 Å². The minimum absolute atomic E-state index is 0.0213. The molecular weight excluding hydrogens is 530 g/mol. The lowest BCUT2D eigenvalue weighted by Crippen LogP contribution is -2.57. The van der Waals surface area contributed by atoms with Crippen molar-refractivity contribution >= 4 is 23.7 Å². The van der Waals surface area contributed by atoms with Crippen molar-refractivity contribution in [1.29, 1.82) is 0 Å². The molecule has 9 heteroatoms. The minimum atomic E-state index is -0.732. The monoisotopic (exact) mass is 579 g/mol. The molecule has 4 rings (SSSR count). The van der Waals surface area contributed by atoms with E-state index in [2.05, 4.69) is 10.3 Å². The number of anilines is 1. The minimum Gasteiger partial charge on any atom is -0.444 e. The van der Waals surface area contributed by atoms with Gasteiger partial charge in [-0.25, -0.2) is 9.78 Å². The van der Waals surface area contributed by atoms with Crippen LogP contribution < -0.4 is 5.32 Å². The fourth-order valence-corrected chi connectivity index (χ4v) is 6.19. The lowest BCUT2D eigenvalue weighted by molar-refractivity contribution is -0.132. The van der Waals surface area contributed by atoms with Crippen molar-refractivity contribution in [2.75, 3.05) is 18.4 Å². The highest BCUT2D eigenvalue weighted by Crippen LogP contribution is 2.32. The number of hydrogen-bond donors (Lipinski definition) is 1. The molecule has 1 N–H and O–H groups in total. The number of rotatable bonds is 8. The Hall–Kier alpha value is -3.36. The zero-order chi connectivity index (χ0) is 30.5. The first-order chi connectivity index (χ1) is 19.8. The molecule has 2 atom stereocenters. The predicted molar refractivity (Wildman–Crippen MR) is 164 cm³/mol. The molecule has 2 aliphatic rings. The van der Waals surface area contributed by atoms with Gasteiger partial charge in [0.05, 0.1) is 6.33 Å². The number of amides is 3. The summed E-state index contributed by atoms with van der Waals surface area (Å²) in [7, 11) is 0. The van der Waals surface area contributed by atoms with E-state index in [1.54, 1.807) is 22.0 Å². The Labute approximate surface area is 251 Å². The van der Waals surface area contributed by atoms with E-state index < -0.39 is 29.3 Å². The highest BCUT2D eigenvalue weighted by atomic mass is 16.6. The molecule has 0 bridgehead atoms. The molecule has 2 aromatic rings. The van der Waals surface area contributed by atoms with Crippen molar-refractivity contribution in [2.24, 2.45) is 5.92 Å². The quantitative estimate of drug-likeness (QED) is 0.390. The lowest BCUT2D eigenvalue weighted by atomic mass is 9.83. The lowest BCUT2D eigenvalue weighted by Gasteiger charge is -2.42. The van der Waals surface area contributed by atoms with Crippen molar-refractivity contribution in [3.8, 4) is 0 Å². The molecule has 9 nitrogen and oxygen atoms in total. The number of hydrogen-bond acceptors (Lipinski definition) is 5. The maximum Gasteiger partial charge on any atom is 0.411 e. The van der Waals surface area contributed by atoms with E-state index in [-0.39, 0.29) is 11.8 Å². The smallest absolute Gasteiger partial charge is 0.411 e. The fourth-order valence-electron chi connectivity index (χ4n) is 6.19. The van der Waals surface area contributed by atoms with Crippen LogP contribution in [0.15, 0.2) is 42.9 Å². The van der Waals surface area contributed by atoms with E-state index >= 15 is 0 Å². The molecular formula is C33H49N5O4. The summed E-state index contributed by atoms with van der Waals surface area (Å²) >= 11 is 0. The molecule has 1 unspecified atom stereocenters. The number of ether oxygens (including phenoxy) is 1. The van der Waals surface area contributed by atoms with Crippen molar-refractivity contribution in [2.45, 2.75) is 116 Å². The van der Waals surface area contributed by atoms with Crippen molar-refractivity contribution in [3.05, 3.63) is 48.4 Å². The average Bonchev–Trinajstić information content (AvgIpc) is 3.61. The molecule has 3 amide bonds. The summed E-state index contributed by atoms with van der Waals surface area (Å²) in [6.07, 6.45) is 11.0. The highest BCUT2D eigenvalue weighted by molar-refractivity contribution is 5.96. The summed E-state index contributed by atoms with van der Waals surface area (Å²) in [5, 5.41) is 2.99. The molecule has 1 aliphatic heterocycles. The number of nitrogens with one attached hydrogen (secondary N) is 1. The summed E-state index contributed by atoms with van der Waals surface area (Å²) in [4.78, 5) is 49.2. The number of nitrogens with zero attached hydrogens (tertiary/aromatic N) is 4. The van der Waals surface area contributed by atoms with Gasteiger partial charge in [0.1, 0.15) is 17.7 Å². The normalized spacial score (nSPS) is 17.9. The number of benzene rings is 1. The Morgan fingerprint density at radius 1 is 0.976 bits per heavy atom. The first kappa shape index (κ1) is 31.6. The predicted octanol–water partition coefficient (Wildman–Crippen LogP) is 6.41. The van der Waals surface area contributed by atoms with E-state index in [1.165, 1.54) is 6.42 Å². The van der Waals surface area contributed by atoms with Crippen LogP contribution in [0.5, 0.6) is 0 Å². The number of carbonyl (C=O) groups excluding carboxylic acids is 3. The molecule has 1 aromatic carbocycles. The van der Waals surface area contributed by atoms with Crippen LogP contribution in [0.2, 0.25) is 0 Å². The van der Waals surface area contributed by atoms with Crippen LogP contribution in [-0.2, 0) is 14.3 Å². The van der Waals surface area contributed by atoms with Crippen LogP contribution in [0.25, 0.3) is 0 Å². The van der Waals surface area contributed by atoms with Crippen LogP contribution in [0.3, 0.4) is 0 Å². The second kappa shape index (κ2) is 13.3. The van der Waals surface area contributed by atoms with Gasteiger partial charge in [-0.2, -0.15) is 0 Å². The van der Waals surface area contributed by atoms with Crippen LogP contribution in [0, 0.1) is 5.92 Å². The zero-order valence-corrected chi connectivity index (χ0v) is 26.3. The van der Waals surface area contributed by atoms with Crippen LogP contribution in [0.1, 0.15) is 105 Å². The number of likely N-dealkylation sites (tertiary alicyclic amines) is 1. The van der Waals surface area contributed by atoms with Gasteiger partial charge in [0.15, 0.2) is 5.82 Å². The van der Waals surface area contributed by atoms with Gasteiger partial charge in [0, 0.05) is 24.8 Å². The summed E-state index contributed by atoms with van der Waals surface area (Å²) in [6, 6.07) is 8.36. The third-order valence-corrected chi connectivity index (χ3v) is 8.13. The van der Waals surface area contributed by atoms with Gasteiger partial charge in [0.25, 0.3) is 0 Å². The fraction of sp³-hybridized carbons (Fsp3) is 0.636. The Morgan fingerprint density at radius 2 is 1.62 bits per heavy atom. The highest BCUT2D eigenvalue weighted by Gasteiger charge is 2.41. The Kier molecular flexibility index (Phi) is 10.00. The van der Waals surface area contributed by atoms with Crippen LogP contribution in [0.4, 0.5) is 10.6 Å². The number of carbonyl (C=O) groups is 3. The van der Waals surface area contributed by atoms with Crippen LogP contribution >= 0.6 is 0 Å². The molecule has 0 radical (unpaired) electrons. The molecule has 2 heterocycles. The van der Waals surface area contributed by atoms with Crippen molar-refractivity contribution in [3.63, 3.8) is 0 Å². The molecule has 2 fully saturated rings. The topological polar surface area (TPSA) is 96.8 Å². The summed E-state index contributed by atoms with van der Waals surface area (Å²) < 4.78 is 7.58. The summed E-state index contributed by atoms with van der Waals surface area (Å²) in [6.45, 7) is 12.8. The van der Waals surface area contributed by atoms with E-state index in [0.29, 0.717) is 18.2 Å². The maximum atomic E-state index is 14.1. The van der Waals surface area contributed by atoms with E-state index in [1.807, 2.05) is 76.8 Å². The maximum absolute atomic E-state index is 14.1. The summed E-state index contributed by atoms with van der Waals surface area (Å²) in [5.41, 5.74) is -0.484. The number of aromatic nitrogens is 2. The number of imidazole rings is 1. The zero-order valence-electron chi connectivity index (χ0n) is 26.3. The molecule has 42 heavy (non-hydrogen) atoms. The second-order valence-electron chi connectivity index (χ2n) is 13.8. The third-order valence-electron chi connectivity index (χ3n) is 8.13. The Morgan fingerprint density at radius 3 is 2.21 bits per heavy atom. The van der Waals surface area contributed by atoms with Gasteiger partial charge in [0.2, 0.25) is 11.8 Å².